The zero-order valence-electron chi connectivity index (χ0n) is 3.90. The number of methoxy groups -OCH3 is 1. The van der Waals surface area contributed by atoms with Gasteiger partial charge in [-0.2, -0.15) is 0 Å². The molecule has 1 aliphatic rings. The van der Waals surface area contributed by atoms with Crippen molar-refractivity contribution in [2.45, 2.75) is 0 Å². The number of halogens is 1. The Morgan fingerprint density at radius 1 is 2.00 bits per heavy atom. The Bertz CT molecular complexity index is 90.9. The summed E-state index contributed by atoms with van der Waals surface area (Å²) in [7, 11) is 1.43. The predicted molar refractivity (Wildman–Crippen MR) is 18.2 cm³/mol. The quantitative estimate of drug-likeness (QED) is 0.145. The fraction of sp³-hybridized carbons (Fsp3) is 0.667. The summed E-state index contributed by atoms with van der Waals surface area (Å²) < 4.78 is 6.53. The number of carbonyl (C=O) groups excluding carboxylic acids is 1. The van der Waals surface area contributed by atoms with Crippen molar-refractivity contribution in [2.75, 3.05) is 11.7 Å². The summed E-state index contributed by atoms with van der Waals surface area (Å²) in [6, 6.07) is 0. The standard InChI is InChI=1S/C3H6INO2/c1-7-3(6)5-2-4-5/h5H,2H2,1H3. The number of rotatable bonds is 0. The van der Waals surface area contributed by atoms with Crippen molar-refractivity contribution < 1.29 is 34.1 Å². The zero-order valence-corrected chi connectivity index (χ0v) is 6.06. The summed E-state index contributed by atoms with van der Waals surface area (Å²) in [5.74, 6) is 0. The number of ether oxygens (including phenoxy) is 1. The molecule has 0 bridgehead atoms. The number of quaternary nitrogens is 1. The summed E-state index contributed by atoms with van der Waals surface area (Å²) in [6.45, 7) is 0. The van der Waals surface area contributed by atoms with E-state index >= 15 is 0 Å². The van der Waals surface area contributed by atoms with Gasteiger partial charge in [-0.15, -0.1) is 0 Å². The van der Waals surface area contributed by atoms with Crippen LogP contribution in [0.4, 0.5) is 4.79 Å². The minimum atomic E-state index is -0.0761. The molecule has 0 aromatic carbocycles. The molecule has 7 heavy (non-hydrogen) atoms. The van der Waals surface area contributed by atoms with Crippen LogP contribution in [0.3, 0.4) is 0 Å². The molecule has 1 heterocycles. The molecule has 0 aliphatic carbocycles. The number of hydrogen-bond donors (Lipinski definition) is 1. The van der Waals surface area contributed by atoms with Crippen LogP contribution in [-0.4, -0.2) is 17.8 Å². The molecule has 0 aromatic heterocycles. The first-order chi connectivity index (χ1) is 3.34. The van der Waals surface area contributed by atoms with E-state index in [1.807, 2.05) is 0 Å². The number of nitrogens with one attached hydrogen (secondary N) is 1. The van der Waals surface area contributed by atoms with Crippen LogP contribution < -0.4 is 24.6 Å². The van der Waals surface area contributed by atoms with Gasteiger partial charge < -0.3 is 0 Å². The molecular formula is C3H6INO2. The normalized spacial score (nSPS) is 27.9. The monoisotopic (exact) mass is 215 g/mol. The first-order valence-electron chi connectivity index (χ1n) is 1.88. The average Bonchev–Trinajstić information content (AvgIpc) is 2.44. The van der Waals surface area contributed by atoms with Gasteiger partial charge in [0.25, 0.3) is 0 Å². The van der Waals surface area contributed by atoms with Crippen LogP contribution in [0.15, 0.2) is 0 Å². The zero-order chi connectivity index (χ0) is 5.28. The second-order valence-corrected chi connectivity index (χ2v) is 3.99. The van der Waals surface area contributed by atoms with Crippen LogP contribution in [0.5, 0.6) is 0 Å². The third kappa shape index (κ3) is 1.27. The van der Waals surface area contributed by atoms with Gasteiger partial charge in [-0.05, 0) is 0 Å². The molecule has 1 N–H and O–H groups in total. The van der Waals surface area contributed by atoms with Gasteiger partial charge in [0.05, 0.1) is 0 Å². The molecule has 1 atom stereocenters. The SMILES string of the molecule is COC(=O)[NH+]1C[I-]1. The van der Waals surface area contributed by atoms with E-state index in [-0.39, 0.29) is 27.6 Å². The molecule has 1 rings (SSSR count). The second-order valence-electron chi connectivity index (χ2n) is 1.16. The Labute approximate surface area is 52.2 Å². The van der Waals surface area contributed by atoms with Crippen LogP contribution in [0, 0.1) is 0 Å². The molecule has 0 aromatic rings. The topological polar surface area (TPSA) is 30.7 Å². The second kappa shape index (κ2) is 1.95. The molecule has 1 fully saturated rings. The fourth-order valence-electron chi connectivity index (χ4n) is 0.253. The maximum absolute atomic E-state index is 10.3. The summed E-state index contributed by atoms with van der Waals surface area (Å²) >= 11 is 0.170. The Morgan fingerprint density at radius 3 is 2.71 bits per heavy atom. The first-order valence-corrected chi connectivity index (χ1v) is 4.48. The molecule has 0 radical (unpaired) electrons. The summed E-state index contributed by atoms with van der Waals surface area (Å²) in [4.78, 5) is 10.3. The molecular weight excluding hydrogens is 209 g/mol. The molecule has 42 valence electrons. The van der Waals surface area contributed by atoms with Crippen molar-refractivity contribution in [3.8, 4) is 0 Å². The van der Waals surface area contributed by atoms with E-state index in [0.29, 0.717) is 0 Å². The number of alkyl halides is 1. The van der Waals surface area contributed by atoms with Crippen molar-refractivity contribution in [3.63, 3.8) is 0 Å². The third-order valence-corrected chi connectivity index (χ3v) is 2.64. The van der Waals surface area contributed by atoms with Gasteiger partial charge in [0.2, 0.25) is 0 Å². The van der Waals surface area contributed by atoms with E-state index in [2.05, 4.69) is 4.74 Å². The summed E-state index contributed by atoms with van der Waals surface area (Å²) in [5, 5.41) is 0. The van der Waals surface area contributed by atoms with Crippen LogP contribution >= 0.6 is 0 Å². The van der Waals surface area contributed by atoms with Gasteiger partial charge in [0, 0.05) is 0 Å². The van der Waals surface area contributed by atoms with Crippen LogP contribution in [0.2, 0.25) is 0 Å². The minimum absolute atomic E-state index is 0.0761. The summed E-state index contributed by atoms with van der Waals surface area (Å²) in [6.07, 6.45) is -0.0761. The molecule has 3 nitrogen and oxygen atoms in total. The van der Waals surface area contributed by atoms with E-state index in [4.69, 9.17) is 0 Å². The van der Waals surface area contributed by atoms with Crippen molar-refractivity contribution >= 4 is 6.09 Å². The third-order valence-electron chi connectivity index (χ3n) is 0.674. The molecule has 1 aliphatic heterocycles. The molecule has 0 saturated carbocycles. The Morgan fingerprint density at radius 2 is 2.57 bits per heavy atom. The molecule has 0 spiro atoms. The average molecular weight is 215 g/mol. The summed E-state index contributed by atoms with van der Waals surface area (Å²) in [5.41, 5.74) is 0. The van der Waals surface area contributed by atoms with Crippen LogP contribution in [-0.2, 0) is 4.74 Å². The van der Waals surface area contributed by atoms with E-state index in [1.165, 1.54) is 7.11 Å². The van der Waals surface area contributed by atoms with E-state index in [1.54, 1.807) is 0 Å². The molecule has 1 saturated heterocycles. The van der Waals surface area contributed by atoms with Crippen molar-refractivity contribution in [2.24, 2.45) is 0 Å². The predicted octanol–water partition coefficient (Wildman–Crippen LogP) is -4.39. The molecule has 1 amide bonds. The van der Waals surface area contributed by atoms with Crippen molar-refractivity contribution in [1.82, 2.24) is 0 Å². The van der Waals surface area contributed by atoms with Crippen LogP contribution in [0.25, 0.3) is 0 Å². The Balaban J connectivity index is 2.24. The van der Waals surface area contributed by atoms with E-state index in [0.717, 1.165) is 7.66 Å². The van der Waals surface area contributed by atoms with Crippen LogP contribution in [0.1, 0.15) is 0 Å². The Kier molecular flexibility index (Phi) is 1.48. The number of alkyl carbamates (subject to hydrolysis) is 1. The molecule has 1 unspecified atom stereocenters. The van der Waals surface area contributed by atoms with E-state index < -0.39 is 0 Å². The van der Waals surface area contributed by atoms with Gasteiger partial charge >= 0.3 is 51.9 Å². The number of hydrogen-bond acceptors (Lipinski definition) is 2. The maximum atomic E-state index is 10.3. The van der Waals surface area contributed by atoms with Gasteiger partial charge in [-0.3, -0.25) is 0 Å². The van der Waals surface area contributed by atoms with Crippen molar-refractivity contribution in [3.05, 3.63) is 0 Å². The Hall–Kier alpha value is 0.160. The van der Waals surface area contributed by atoms with Crippen molar-refractivity contribution in [1.29, 1.82) is 0 Å². The van der Waals surface area contributed by atoms with Gasteiger partial charge in [0.15, 0.2) is 0 Å². The van der Waals surface area contributed by atoms with Gasteiger partial charge in [-0.25, -0.2) is 0 Å². The first kappa shape index (κ1) is 5.30. The van der Waals surface area contributed by atoms with Gasteiger partial charge in [0.1, 0.15) is 0 Å². The number of amides is 1. The number of carbonyl (C=O) groups is 1. The van der Waals surface area contributed by atoms with Gasteiger partial charge in [-0.1, -0.05) is 0 Å². The molecule has 4 heteroatoms. The fourth-order valence-corrected chi connectivity index (χ4v) is 1.29. The van der Waals surface area contributed by atoms with E-state index in [9.17, 15) is 4.79 Å².